The maximum absolute atomic E-state index is 11.3. The van der Waals surface area contributed by atoms with Gasteiger partial charge in [0.2, 0.25) is 0 Å². The number of aliphatic carboxylic acids is 1. The third-order valence-electron chi connectivity index (χ3n) is 3.05. The molecule has 0 aliphatic heterocycles. The maximum Gasteiger partial charge on any atom is 0.326 e. The molecular weight excluding hydrogens is 258 g/mol. The van der Waals surface area contributed by atoms with E-state index in [2.05, 4.69) is 27.3 Å². The van der Waals surface area contributed by atoms with Crippen LogP contribution in [0.2, 0.25) is 0 Å². The number of hydrogen-bond acceptors (Lipinski definition) is 5. The van der Waals surface area contributed by atoms with Gasteiger partial charge in [-0.25, -0.2) is 9.78 Å². The highest BCUT2D eigenvalue weighted by Crippen LogP contribution is 2.16. The Labute approximate surface area is 117 Å². The summed E-state index contributed by atoms with van der Waals surface area (Å²) >= 11 is 0. The zero-order valence-electron chi connectivity index (χ0n) is 11.9. The van der Waals surface area contributed by atoms with Gasteiger partial charge in [0.1, 0.15) is 18.2 Å². The highest BCUT2D eigenvalue weighted by molar-refractivity contribution is 5.77. The first kappa shape index (κ1) is 14.2. The average Bonchev–Trinajstić information content (AvgIpc) is 2.83. The molecule has 2 aromatic heterocycles. The normalized spacial score (nSPS) is 12.8. The summed E-state index contributed by atoms with van der Waals surface area (Å²) in [5.41, 5.74) is 0.878. The van der Waals surface area contributed by atoms with E-state index < -0.39 is 12.0 Å². The zero-order valence-corrected chi connectivity index (χ0v) is 11.9. The number of hydrogen-bond donors (Lipinski definition) is 2. The summed E-state index contributed by atoms with van der Waals surface area (Å²) in [7, 11) is 0. The van der Waals surface area contributed by atoms with E-state index >= 15 is 0 Å². The van der Waals surface area contributed by atoms with Crippen LogP contribution < -0.4 is 5.32 Å². The smallest absolute Gasteiger partial charge is 0.326 e. The van der Waals surface area contributed by atoms with Gasteiger partial charge in [0.25, 0.3) is 5.78 Å². The Hall–Kier alpha value is -2.18. The van der Waals surface area contributed by atoms with Gasteiger partial charge in [0.05, 0.1) is 0 Å². The zero-order chi connectivity index (χ0) is 14.7. The molecule has 0 aliphatic carbocycles. The van der Waals surface area contributed by atoms with Crippen molar-refractivity contribution in [2.45, 2.75) is 39.7 Å². The molecule has 0 bridgehead atoms. The number of aryl methyl sites for hydroxylation is 1. The highest BCUT2D eigenvalue weighted by atomic mass is 16.4. The number of carboxylic acid groups (broad SMARTS) is 1. The Kier molecular flexibility index (Phi) is 4.16. The topological polar surface area (TPSA) is 92.4 Å². The molecule has 2 aromatic rings. The molecule has 0 saturated carbocycles. The first-order chi connectivity index (χ1) is 9.52. The van der Waals surface area contributed by atoms with Gasteiger partial charge in [0.15, 0.2) is 0 Å². The molecule has 0 aromatic carbocycles. The van der Waals surface area contributed by atoms with Crippen LogP contribution in [0.5, 0.6) is 0 Å². The van der Waals surface area contributed by atoms with Crippen LogP contribution >= 0.6 is 0 Å². The first-order valence-corrected chi connectivity index (χ1v) is 6.72. The van der Waals surface area contributed by atoms with Gasteiger partial charge in [0, 0.05) is 11.8 Å². The molecule has 0 fully saturated rings. The van der Waals surface area contributed by atoms with Crippen molar-refractivity contribution in [1.29, 1.82) is 0 Å². The monoisotopic (exact) mass is 277 g/mol. The van der Waals surface area contributed by atoms with Crippen LogP contribution in [-0.2, 0) is 11.2 Å². The lowest BCUT2D eigenvalue weighted by Gasteiger charge is -2.19. The van der Waals surface area contributed by atoms with Crippen molar-refractivity contribution in [1.82, 2.24) is 19.6 Å². The Morgan fingerprint density at radius 3 is 2.85 bits per heavy atom. The number of anilines is 1. The Bertz CT molecular complexity index is 608. The average molecular weight is 277 g/mol. The summed E-state index contributed by atoms with van der Waals surface area (Å²) in [6.07, 6.45) is 3.19. The number of aromatic nitrogens is 4. The van der Waals surface area contributed by atoms with Gasteiger partial charge < -0.3 is 10.4 Å². The van der Waals surface area contributed by atoms with Gasteiger partial charge in [-0.15, -0.1) is 0 Å². The second-order valence-electron chi connectivity index (χ2n) is 5.06. The van der Waals surface area contributed by atoms with Crippen molar-refractivity contribution in [2.24, 2.45) is 5.92 Å². The largest absolute Gasteiger partial charge is 0.480 e. The van der Waals surface area contributed by atoms with E-state index in [4.69, 9.17) is 0 Å². The van der Waals surface area contributed by atoms with Gasteiger partial charge in [-0.05, 0) is 12.3 Å². The molecule has 7 heteroatoms. The van der Waals surface area contributed by atoms with Gasteiger partial charge >= 0.3 is 5.97 Å². The van der Waals surface area contributed by atoms with Crippen molar-refractivity contribution in [2.75, 3.05) is 5.32 Å². The number of nitrogens with one attached hydrogen (secondary N) is 1. The molecule has 0 spiro atoms. The quantitative estimate of drug-likeness (QED) is 0.833. The van der Waals surface area contributed by atoms with Crippen molar-refractivity contribution in [3.05, 3.63) is 18.1 Å². The molecule has 20 heavy (non-hydrogen) atoms. The fourth-order valence-electron chi connectivity index (χ4n) is 2.02. The molecule has 108 valence electrons. The second kappa shape index (κ2) is 5.85. The minimum Gasteiger partial charge on any atom is -0.480 e. The number of fused-ring (bicyclic) bond motifs is 1. The maximum atomic E-state index is 11.3. The molecule has 7 nitrogen and oxygen atoms in total. The lowest BCUT2D eigenvalue weighted by atomic mass is 10.0. The van der Waals surface area contributed by atoms with Crippen molar-refractivity contribution in [3.63, 3.8) is 0 Å². The standard InChI is InChI=1S/C13H19N5O2/c1-4-5-9-6-10(17-11(8(2)3)12(19)20)18-13(16-9)14-7-15-18/h6-8,11,17H,4-5H2,1-3H3,(H,19,20)/t11-/m0/s1. The van der Waals surface area contributed by atoms with Gasteiger partial charge in [-0.2, -0.15) is 14.6 Å². The third-order valence-corrected chi connectivity index (χ3v) is 3.05. The lowest BCUT2D eigenvalue weighted by Crippen LogP contribution is -2.35. The molecule has 0 saturated heterocycles. The van der Waals surface area contributed by atoms with Crippen LogP contribution in [0, 0.1) is 5.92 Å². The first-order valence-electron chi connectivity index (χ1n) is 6.72. The van der Waals surface area contributed by atoms with E-state index in [1.807, 2.05) is 19.9 Å². The number of carboxylic acids is 1. The van der Waals surface area contributed by atoms with Crippen molar-refractivity contribution < 1.29 is 9.90 Å². The lowest BCUT2D eigenvalue weighted by molar-refractivity contribution is -0.138. The summed E-state index contributed by atoms with van der Waals surface area (Å²) < 4.78 is 1.53. The molecule has 2 rings (SSSR count). The van der Waals surface area contributed by atoms with E-state index in [9.17, 15) is 9.90 Å². The SMILES string of the molecule is CCCc1cc(N[C@H](C(=O)O)C(C)C)n2ncnc2n1. The van der Waals surface area contributed by atoms with E-state index in [0.29, 0.717) is 11.6 Å². The van der Waals surface area contributed by atoms with Crippen LogP contribution in [0.1, 0.15) is 32.9 Å². The Balaban J connectivity index is 2.40. The van der Waals surface area contributed by atoms with Crippen LogP contribution in [0.4, 0.5) is 5.82 Å². The molecule has 0 radical (unpaired) electrons. The summed E-state index contributed by atoms with van der Waals surface area (Å²) in [5.74, 6) is 0.152. The van der Waals surface area contributed by atoms with Crippen LogP contribution in [0.3, 0.4) is 0 Å². The summed E-state index contributed by atoms with van der Waals surface area (Å²) in [6, 6.07) is 1.16. The fraction of sp³-hybridized carbons (Fsp3) is 0.538. The third kappa shape index (κ3) is 2.87. The number of rotatable bonds is 6. The van der Waals surface area contributed by atoms with E-state index in [-0.39, 0.29) is 5.92 Å². The molecular formula is C13H19N5O2. The van der Waals surface area contributed by atoms with Crippen LogP contribution in [-0.4, -0.2) is 36.7 Å². The van der Waals surface area contributed by atoms with E-state index in [1.165, 1.54) is 10.8 Å². The van der Waals surface area contributed by atoms with Crippen molar-refractivity contribution >= 4 is 17.6 Å². The van der Waals surface area contributed by atoms with Crippen LogP contribution in [0.15, 0.2) is 12.4 Å². The molecule has 0 unspecified atom stereocenters. The molecule has 0 amide bonds. The predicted octanol–water partition coefficient (Wildman–Crippen LogP) is 1.60. The summed E-state index contributed by atoms with van der Waals surface area (Å²) in [4.78, 5) is 19.8. The highest BCUT2D eigenvalue weighted by Gasteiger charge is 2.22. The molecule has 0 aliphatic rings. The minimum absolute atomic E-state index is 0.0474. The molecule has 2 N–H and O–H groups in total. The van der Waals surface area contributed by atoms with Gasteiger partial charge in [-0.1, -0.05) is 27.2 Å². The second-order valence-corrected chi connectivity index (χ2v) is 5.06. The number of carbonyl (C=O) groups is 1. The van der Waals surface area contributed by atoms with Crippen molar-refractivity contribution in [3.8, 4) is 0 Å². The Morgan fingerprint density at radius 2 is 2.25 bits per heavy atom. The number of nitrogens with zero attached hydrogens (tertiary/aromatic N) is 4. The fourth-order valence-corrected chi connectivity index (χ4v) is 2.02. The van der Waals surface area contributed by atoms with Gasteiger partial charge in [-0.3, -0.25) is 0 Å². The van der Waals surface area contributed by atoms with E-state index in [1.54, 1.807) is 0 Å². The Morgan fingerprint density at radius 1 is 1.50 bits per heavy atom. The summed E-state index contributed by atoms with van der Waals surface area (Å²) in [5, 5.41) is 16.4. The predicted molar refractivity (Wildman–Crippen MR) is 74.7 cm³/mol. The minimum atomic E-state index is -0.887. The molecule has 2 heterocycles. The summed E-state index contributed by atoms with van der Waals surface area (Å²) in [6.45, 7) is 5.79. The molecule has 1 atom stereocenters. The van der Waals surface area contributed by atoms with E-state index in [0.717, 1.165) is 18.5 Å². The van der Waals surface area contributed by atoms with Crippen LogP contribution in [0.25, 0.3) is 5.78 Å².